The van der Waals surface area contributed by atoms with E-state index in [1.165, 1.54) is 4.57 Å². The molecule has 0 radical (unpaired) electrons. The number of fused-ring (bicyclic) bond motifs is 1. The lowest BCUT2D eigenvalue weighted by Crippen LogP contribution is -2.34. The number of methoxy groups -OCH3 is 2. The van der Waals surface area contributed by atoms with Gasteiger partial charge in [-0.3, -0.25) is 13.9 Å². The number of hydrogen-bond donors (Lipinski definition) is 1. The topological polar surface area (TPSA) is 74.5 Å². The number of nitrogens with one attached hydrogen (secondary N) is 1. The highest BCUT2D eigenvalue weighted by atomic mass is 16.5. The van der Waals surface area contributed by atoms with Gasteiger partial charge in [0, 0.05) is 13.1 Å². The van der Waals surface area contributed by atoms with E-state index in [2.05, 4.69) is 5.32 Å². The van der Waals surface area contributed by atoms with Crippen molar-refractivity contribution in [3.8, 4) is 11.5 Å². The lowest BCUT2D eigenvalue weighted by Gasteiger charge is -2.10. The molecule has 0 saturated carbocycles. The summed E-state index contributed by atoms with van der Waals surface area (Å²) in [4.78, 5) is 25.2. The summed E-state index contributed by atoms with van der Waals surface area (Å²) in [7, 11) is 3.19. The first-order valence-electron chi connectivity index (χ1n) is 9.74. The molecule has 154 valence electrons. The third-order valence-electron chi connectivity index (χ3n) is 4.86. The molecule has 1 heterocycles. The fraction of sp³-hybridized carbons (Fsp3) is 0.364. The first kappa shape index (κ1) is 20.5. The second-order valence-corrected chi connectivity index (χ2v) is 6.80. The number of aromatic nitrogens is 2. The van der Waals surface area contributed by atoms with Gasteiger partial charge in [0.25, 0.3) is 0 Å². The quantitative estimate of drug-likeness (QED) is 0.602. The lowest BCUT2D eigenvalue weighted by molar-refractivity contribution is -0.121. The molecular weight excluding hydrogens is 370 g/mol. The van der Waals surface area contributed by atoms with Gasteiger partial charge in [0.2, 0.25) is 5.91 Å². The normalized spacial score (nSPS) is 10.9. The number of amides is 1. The Kier molecular flexibility index (Phi) is 6.59. The van der Waals surface area contributed by atoms with E-state index in [1.54, 1.807) is 18.8 Å². The van der Waals surface area contributed by atoms with Gasteiger partial charge in [-0.05, 0) is 42.7 Å². The molecule has 7 heteroatoms. The number of imidazole rings is 1. The van der Waals surface area contributed by atoms with Gasteiger partial charge in [-0.15, -0.1) is 0 Å². The Hall–Kier alpha value is -3.22. The zero-order chi connectivity index (χ0) is 20.8. The van der Waals surface area contributed by atoms with Crippen LogP contribution in [-0.4, -0.2) is 35.8 Å². The smallest absolute Gasteiger partial charge is 0.329 e. The van der Waals surface area contributed by atoms with Crippen molar-refractivity contribution in [2.45, 2.75) is 32.9 Å². The highest BCUT2D eigenvalue weighted by Crippen LogP contribution is 2.27. The van der Waals surface area contributed by atoms with Crippen molar-refractivity contribution < 1.29 is 14.3 Å². The van der Waals surface area contributed by atoms with Crippen LogP contribution >= 0.6 is 0 Å². The van der Waals surface area contributed by atoms with Gasteiger partial charge in [0.1, 0.15) is 6.54 Å². The Balaban J connectivity index is 1.66. The van der Waals surface area contributed by atoms with Gasteiger partial charge in [-0.25, -0.2) is 4.79 Å². The van der Waals surface area contributed by atoms with Gasteiger partial charge < -0.3 is 14.8 Å². The minimum Gasteiger partial charge on any atom is -0.493 e. The van der Waals surface area contributed by atoms with Crippen molar-refractivity contribution in [3.63, 3.8) is 0 Å². The first-order valence-corrected chi connectivity index (χ1v) is 9.74. The first-order chi connectivity index (χ1) is 14.1. The average molecular weight is 397 g/mol. The summed E-state index contributed by atoms with van der Waals surface area (Å²) in [6, 6.07) is 13.3. The Labute approximate surface area is 169 Å². The largest absolute Gasteiger partial charge is 0.493 e. The van der Waals surface area contributed by atoms with Crippen molar-refractivity contribution in [3.05, 3.63) is 58.5 Å². The summed E-state index contributed by atoms with van der Waals surface area (Å²) in [5.74, 6) is 1.14. The molecule has 0 atom stereocenters. The number of carbonyl (C=O) groups is 1. The van der Waals surface area contributed by atoms with E-state index in [1.807, 2.05) is 49.4 Å². The molecule has 0 aliphatic heterocycles. The highest BCUT2D eigenvalue weighted by Gasteiger charge is 2.14. The number of para-hydroxylation sites is 2. The summed E-state index contributed by atoms with van der Waals surface area (Å²) in [5.41, 5.74) is 2.52. The Morgan fingerprint density at radius 1 is 1.00 bits per heavy atom. The molecule has 29 heavy (non-hydrogen) atoms. The third kappa shape index (κ3) is 4.45. The summed E-state index contributed by atoms with van der Waals surface area (Å²) in [5, 5.41) is 2.90. The van der Waals surface area contributed by atoms with E-state index in [9.17, 15) is 9.59 Å². The molecule has 0 aliphatic carbocycles. The van der Waals surface area contributed by atoms with Crippen LogP contribution in [0.15, 0.2) is 47.3 Å². The second-order valence-electron chi connectivity index (χ2n) is 6.80. The Bertz CT molecular complexity index is 1050. The fourth-order valence-corrected chi connectivity index (χ4v) is 3.45. The van der Waals surface area contributed by atoms with Gasteiger partial charge in [0.05, 0.1) is 25.3 Å². The number of ether oxygens (including phenoxy) is 2. The van der Waals surface area contributed by atoms with Crippen LogP contribution in [0.25, 0.3) is 11.0 Å². The Morgan fingerprint density at radius 3 is 2.34 bits per heavy atom. The van der Waals surface area contributed by atoms with Crippen LogP contribution in [0.3, 0.4) is 0 Å². The maximum Gasteiger partial charge on any atom is 0.329 e. The number of nitrogens with zero attached hydrogens (tertiary/aromatic N) is 2. The van der Waals surface area contributed by atoms with Crippen LogP contribution in [0, 0.1) is 0 Å². The molecular formula is C22H27N3O4. The van der Waals surface area contributed by atoms with Crippen LogP contribution in [0.1, 0.15) is 18.9 Å². The molecule has 0 fully saturated rings. The molecule has 7 nitrogen and oxygen atoms in total. The lowest BCUT2D eigenvalue weighted by atomic mass is 10.1. The predicted molar refractivity (Wildman–Crippen MR) is 113 cm³/mol. The summed E-state index contributed by atoms with van der Waals surface area (Å²) >= 11 is 0. The van der Waals surface area contributed by atoms with E-state index in [0.717, 1.165) is 23.0 Å². The number of hydrogen-bond acceptors (Lipinski definition) is 4. The molecule has 3 aromatic rings. The van der Waals surface area contributed by atoms with Gasteiger partial charge in [-0.1, -0.05) is 25.1 Å². The van der Waals surface area contributed by atoms with Crippen LogP contribution in [-0.2, 0) is 24.3 Å². The van der Waals surface area contributed by atoms with E-state index >= 15 is 0 Å². The number of carbonyl (C=O) groups excluding carboxylic acids is 1. The van der Waals surface area contributed by atoms with E-state index < -0.39 is 0 Å². The SMILES string of the molecule is CCCn1c(=O)n(CC(=O)NCCc2ccc(OC)c(OC)c2)c2ccccc21. The zero-order valence-electron chi connectivity index (χ0n) is 17.1. The molecule has 1 N–H and O–H groups in total. The fourth-order valence-electron chi connectivity index (χ4n) is 3.45. The van der Waals surface area contributed by atoms with Crippen molar-refractivity contribution in [2.75, 3.05) is 20.8 Å². The third-order valence-corrected chi connectivity index (χ3v) is 4.86. The minimum absolute atomic E-state index is 0.00198. The standard InChI is InChI=1S/C22H27N3O4/c1-4-13-24-17-7-5-6-8-18(17)25(22(24)27)15-21(26)23-12-11-16-9-10-19(28-2)20(14-16)29-3/h5-10,14H,4,11-13,15H2,1-3H3,(H,23,26). The molecule has 0 saturated heterocycles. The Morgan fingerprint density at radius 2 is 1.69 bits per heavy atom. The summed E-state index contributed by atoms with van der Waals surface area (Å²) in [6.07, 6.45) is 1.50. The molecule has 0 aliphatic rings. The number of rotatable bonds is 9. The van der Waals surface area contributed by atoms with Crippen LogP contribution in [0.4, 0.5) is 0 Å². The van der Waals surface area contributed by atoms with Crippen molar-refractivity contribution in [2.24, 2.45) is 0 Å². The number of benzene rings is 2. The molecule has 1 aromatic heterocycles. The van der Waals surface area contributed by atoms with Crippen LogP contribution < -0.4 is 20.5 Å². The molecule has 0 bridgehead atoms. The highest BCUT2D eigenvalue weighted by molar-refractivity contribution is 5.80. The summed E-state index contributed by atoms with van der Waals surface area (Å²) < 4.78 is 13.8. The van der Waals surface area contributed by atoms with E-state index in [4.69, 9.17) is 9.47 Å². The van der Waals surface area contributed by atoms with Gasteiger partial charge >= 0.3 is 5.69 Å². The molecule has 3 rings (SSSR count). The van der Waals surface area contributed by atoms with E-state index in [0.29, 0.717) is 31.0 Å². The predicted octanol–water partition coefficient (Wildman–Crippen LogP) is 2.59. The average Bonchev–Trinajstić information content (AvgIpc) is 3.00. The van der Waals surface area contributed by atoms with Crippen molar-refractivity contribution >= 4 is 16.9 Å². The van der Waals surface area contributed by atoms with E-state index in [-0.39, 0.29) is 18.1 Å². The minimum atomic E-state index is -0.188. The summed E-state index contributed by atoms with van der Waals surface area (Å²) in [6.45, 7) is 3.13. The zero-order valence-corrected chi connectivity index (χ0v) is 17.1. The van der Waals surface area contributed by atoms with Crippen LogP contribution in [0.2, 0.25) is 0 Å². The van der Waals surface area contributed by atoms with Gasteiger partial charge in [-0.2, -0.15) is 0 Å². The second kappa shape index (κ2) is 9.32. The molecule has 1 amide bonds. The van der Waals surface area contributed by atoms with Gasteiger partial charge in [0.15, 0.2) is 11.5 Å². The van der Waals surface area contributed by atoms with Crippen molar-refractivity contribution in [1.29, 1.82) is 0 Å². The number of aryl methyl sites for hydroxylation is 1. The maximum absolute atomic E-state index is 12.8. The van der Waals surface area contributed by atoms with Crippen LogP contribution in [0.5, 0.6) is 11.5 Å². The van der Waals surface area contributed by atoms with Crippen molar-refractivity contribution in [1.82, 2.24) is 14.5 Å². The molecule has 2 aromatic carbocycles. The maximum atomic E-state index is 12.8. The molecule has 0 spiro atoms. The molecule has 0 unspecified atom stereocenters. The monoisotopic (exact) mass is 397 g/mol.